The van der Waals surface area contributed by atoms with Crippen LogP contribution in [0.25, 0.3) is 0 Å². The number of benzene rings is 2. The summed E-state index contributed by atoms with van der Waals surface area (Å²) in [7, 11) is 2.16. The molecule has 0 bridgehead atoms. The highest BCUT2D eigenvalue weighted by molar-refractivity contribution is 6.32. The summed E-state index contributed by atoms with van der Waals surface area (Å²) in [5.74, 6) is 1.92. The minimum Gasteiger partial charge on any atom is -0.460 e. The lowest BCUT2D eigenvalue weighted by Crippen LogP contribution is -2.26. The van der Waals surface area contributed by atoms with Crippen LogP contribution in [0.2, 0.25) is 0 Å². The zero-order chi connectivity index (χ0) is 24.1. The molecule has 2 aliphatic heterocycles. The molecule has 0 radical (unpaired) electrons. The van der Waals surface area contributed by atoms with Crippen molar-refractivity contribution in [1.82, 2.24) is 0 Å². The predicted molar refractivity (Wildman–Crippen MR) is 142 cm³/mol. The van der Waals surface area contributed by atoms with Gasteiger partial charge >= 0.3 is 0 Å². The van der Waals surface area contributed by atoms with Crippen molar-refractivity contribution in [2.45, 2.75) is 57.8 Å². The van der Waals surface area contributed by atoms with Crippen LogP contribution in [0.4, 0.5) is 5.69 Å². The molecule has 5 rings (SSSR count). The summed E-state index contributed by atoms with van der Waals surface area (Å²) in [4.78, 5) is 0. The number of rotatable bonds is 3. The van der Waals surface area contributed by atoms with Gasteiger partial charge in [0.2, 0.25) is 5.69 Å². The van der Waals surface area contributed by atoms with E-state index in [1.54, 1.807) is 0 Å². The molecule has 34 heavy (non-hydrogen) atoms. The van der Waals surface area contributed by atoms with E-state index in [4.69, 9.17) is 16.3 Å². The van der Waals surface area contributed by atoms with Crippen molar-refractivity contribution in [3.63, 3.8) is 0 Å². The lowest BCUT2D eigenvalue weighted by molar-refractivity contribution is -0.401. The molecule has 2 nitrogen and oxygen atoms in total. The Morgan fingerprint density at radius 2 is 1.56 bits per heavy atom. The quantitative estimate of drug-likeness (QED) is 0.412. The van der Waals surface area contributed by atoms with E-state index >= 15 is 0 Å². The third kappa shape index (κ3) is 3.69. The minimum absolute atomic E-state index is 0.0347. The van der Waals surface area contributed by atoms with Gasteiger partial charge in [0.15, 0.2) is 5.71 Å². The summed E-state index contributed by atoms with van der Waals surface area (Å²) in [6.07, 6.45) is 11.9. The summed E-state index contributed by atoms with van der Waals surface area (Å²) < 4.78 is 8.50. The van der Waals surface area contributed by atoms with E-state index in [9.17, 15) is 0 Å². The number of halogens is 1. The van der Waals surface area contributed by atoms with Gasteiger partial charge in [-0.05, 0) is 70.2 Å². The standard InChI is InChI=1S/C31H33ClNO/c1-30(2)23-13-6-8-15-25(23)33(5)27(30)19-17-21-11-10-12-22(29(21)32)18-20-28-31(3,4)24-14-7-9-16-26(24)34-28/h6-9,13-20H,10-12H2,1-5H3/q+1/b19-17+,22-18+,28-20+. The summed E-state index contributed by atoms with van der Waals surface area (Å²) >= 11 is 6.94. The molecule has 2 aromatic rings. The number of ether oxygens (including phenoxy) is 1. The molecule has 0 saturated carbocycles. The van der Waals surface area contributed by atoms with E-state index in [1.807, 2.05) is 12.1 Å². The molecular weight excluding hydrogens is 438 g/mol. The van der Waals surface area contributed by atoms with Crippen LogP contribution < -0.4 is 4.74 Å². The number of hydrogen-bond donors (Lipinski definition) is 0. The van der Waals surface area contributed by atoms with Crippen molar-refractivity contribution in [2.75, 3.05) is 7.05 Å². The van der Waals surface area contributed by atoms with Crippen molar-refractivity contribution in [3.05, 3.63) is 106 Å². The Hall–Kier alpha value is -2.84. The smallest absolute Gasteiger partial charge is 0.209 e. The first-order chi connectivity index (χ1) is 16.2. The van der Waals surface area contributed by atoms with Crippen molar-refractivity contribution in [1.29, 1.82) is 0 Å². The fourth-order valence-electron chi connectivity index (χ4n) is 5.56. The van der Waals surface area contributed by atoms with Gasteiger partial charge in [0.1, 0.15) is 18.6 Å². The highest BCUT2D eigenvalue weighted by Gasteiger charge is 2.42. The second-order valence-corrected chi connectivity index (χ2v) is 10.9. The molecule has 1 aliphatic carbocycles. The molecule has 3 aliphatic rings. The first-order valence-electron chi connectivity index (χ1n) is 12.2. The van der Waals surface area contributed by atoms with Crippen molar-refractivity contribution in [3.8, 4) is 5.75 Å². The third-order valence-corrected chi connectivity index (χ3v) is 8.16. The molecule has 0 atom stereocenters. The molecule has 0 aromatic heterocycles. The maximum absolute atomic E-state index is 6.94. The summed E-state index contributed by atoms with van der Waals surface area (Å²) in [5.41, 5.74) is 7.38. The van der Waals surface area contributed by atoms with Gasteiger partial charge in [-0.3, -0.25) is 0 Å². The predicted octanol–water partition coefficient (Wildman–Crippen LogP) is 8.11. The van der Waals surface area contributed by atoms with Crippen molar-refractivity contribution in [2.24, 2.45) is 0 Å². The summed E-state index contributed by atoms with van der Waals surface area (Å²) in [6, 6.07) is 17.0. The van der Waals surface area contributed by atoms with E-state index < -0.39 is 0 Å². The van der Waals surface area contributed by atoms with Gasteiger partial charge in [0, 0.05) is 28.3 Å². The normalized spacial score (nSPS) is 23.1. The van der Waals surface area contributed by atoms with Crippen LogP contribution in [0.3, 0.4) is 0 Å². The zero-order valence-corrected chi connectivity index (χ0v) is 21.5. The lowest BCUT2D eigenvalue weighted by atomic mass is 9.81. The number of fused-ring (bicyclic) bond motifs is 2. The molecule has 0 saturated heterocycles. The summed E-state index contributed by atoms with van der Waals surface area (Å²) in [6.45, 7) is 9.02. The van der Waals surface area contributed by atoms with Crippen LogP contribution >= 0.6 is 11.6 Å². The Kier molecular flexibility index (Phi) is 5.68. The average molecular weight is 471 g/mol. The van der Waals surface area contributed by atoms with Gasteiger partial charge in [-0.25, -0.2) is 0 Å². The monoisotopic (exact) mass is 470 g/mol. The van der Waals surface area contributed by atoms with Gasteiger partial charge in [-0.2, -0.15) is 4.58 Å². The maximum atomic E-state index is 6.94. The molecule has 3 heteroatoms. The van der Waals surface area contributed by atoms with E-state index in [2.05, 4.69) is 100 Å². The molecule has 2 aromatic carbocycles. The summed E-state index contributed by atoms with van der Waals surface area (Å²) in [5, 5.41) is 0.879. The fraction of sp³-hybridized carbons (Fsp3) is 0.323. The molecule has 0 N–H and O–H groups in total. The SMILES string of the molecule is C[N+]1=C(/C=C/C2=C(Cl)C(=C/C=C3/Oc4ccccc4C3(C)C)/CCC2)C(C)(C)c2ccccc21. The van der Waals surface area contributed by atoms with Gasteiger partial charge in [0.25, 0.3) is 0 Å². The second-order valence-electron chi connectivity index (χ2n) is 10.6. The Bertz CT molecular complexity index is 1320. The van der Waals surface area contributed by atoms with Crippen molar-refractivity contribution < 1.29 is 9.31 Å². The van der Waals surface area contributed by atoms with Crippen molar-refractivity contribution >= 4 is 23.0 Å². The van der Waals surface area contributed by atoms with Gasteiger partial charge in [0.05, 0.1) is 10.8 Å². The molecule has 0 unspecified atom stereocenters. The number of nitrogens with zero attached hydrogens (tertiary/aromatic N) is 1. The first kappa shape index (κ1) is 22.9. The zero-order valence-electron chi connectivity index (χ0n) is 20.8. The number of para-hydroxylation sites is 2. The van der Waals surface area contributed by atoms with Gasteiger partial charge in [-0.1, -0.05) is 60.2 Å². The van der Waals surface area contributed by atoms with Gasteiger partial charge in [-0.15, -0.1) is 0 Å². The minimum atomic E-state index is -0.147. The maximum Gasteiger partial charge on any atom is 0.209 e. The molecule has 174 valence electrons. The van der Waals surface area contributed by atoms with Gasteiger partial charge < -0.3 is 4.74 Å². The molecular formula is C31H33ClNO+. The van der Waals surface area contributed by atoms with Crippen LogP contribution in [-0.4, -0.2) is 17.3 Å². The van der Waals surface area contributed by atoms with Crippen LogP contribution in [0, 0.1) is 0 Å². The highest BCUT2D eigenvalue weighted by Crippen LogP contribution is 2.45. The fourth-order valence-corrected chi connectivity index (χ4v) is 5.87. The topological polar surface area (TPSA) is 12.2 Å². The van der Waals surface area contributed by atoms with E-state index in [1.165, 1.54) is 33.7 Å². The Balaban J connectivity index is 1.43. The second kappa shape index (κ2) is 8.43. The van der Waals surface area contributed by atoms with Crippen LogP contribution in [-0.2, 0) is 10.8 Å². The van der Waals surface area contributed by atoms with E-state index in [-0.39, 0.29) is 10.8 Å². The van der Waals surface area contributed by atoms with Crippen LogP contribution in [0.1, 0.15) is 58.1 Å². The molecule has 0 fully saturated rings. The first-order valence-corrected chi connectivity index (χ1v) is 12.6. The third-order valence-electron chi connectivity index (χ3n) is 7.67. The highest BCUT2D eigenvalue weighted by atomic mass is 35.5. The molecule has 0 spiro atoms. The van der Waals surface area contributed by atoms with Crippen LogP contribution in [0.5, 0.6) is 5.75 Å². The number of allylic oxidation sites excluding steroid dienone is 8. The van der Waals surface area contributed by atoms with E-state index in [0.717, 1.165) is 35.8 Å². The molecule has 0 amide bonds. The number of hydrogen-bond acceptors (Lipinski definition) is 1. The Labute approximate surface area is 208 Å². The lowest BCUT2D eigenvalue weighted by Gasteiger charge is -2.19. The average Bonchev–Trinajstić information content (AvgIpc) is 3.19. The largest absolute Gasteiger partial charge is 0.460 e. The Morgan fingerprint density at radius 3 is 2.29 bits per heavy atom. The van der Waals surface area contributed by atoms with Crippen LogP contribution in [0.15, 0.2) is 94.8 Å². The Morgan fingerprint density at radius 1 is 0.853 bits per heavy atom. The molecule has 2 heterocycles. The van der Waals surface area contributed by atoms with E-state index in [0.29, 0.717) is 0 Å².